The van der Waals surface area contributed by atoms with Crippen LogP contribution in [0, 0.1) is 0 Å². The van der Waals surface area contributed by atoms with E-state index in [0.717, 1.165) is 5.56 Å². The van der Waals surface area contributed by atoms with Gasteiger partial charge in [0.25, 0.3) is 0 Å². The molecule has 1 N–H and O–H groups in total. The molecule has 0 aromatic heterocycles. The second-order valence-electron chi connectivity index (χ2n) is 9.31. The number of esters is 3. The number of ether oxygens (including phenoxy) is 8. The second kappa shape index (κ2) is 17.0. The average molecular weight is 579 g/mol. The summed E-state index contributed by atoms with van der Waals surface area (Å²) in [5.41, 5.74) is 1.09. The summed E-state index contributed by atoms with van der Waals surface area (Å²) in [6, 6.07) is 14.4. The van der Waals surface area contributed by atoms with Crippen LogP contribution in [0.4, 0.5) is 0 Å². The monoisotopic (exact) mass is 578 g/mol. The Labute approximate surface area is 238 Å². The van der Waals surface area contributed by atoms with Gasteiger partial charge in [0, 0.05) is 20.8 Å². The molecule has 226 valence electrons. The molecule has 0 radical (unpaired) electrons. The third-order valence-electron chi connectivity index (χ3n) is 6.03. The number of carbonyl (C=O) groups is 3. The van der Waals surface area contributed by atoms with Crippen LogP contribution >= 0.6 is 0 Å². The first-order valence-electron chi connectivity index (χ1n) is 13.4. The maximum atomic E-state index is 11.8. The number of fused-ring (bicyclic) bond motifs is 1. The molecule has 1 fully saturated rings. The highest BCUT2D eigenvalue weighted by molar-refractivity contribution is 5.82. The fourth-order valence-corrected chi connectivity index (χ4v) is 4.27. The Hall–Kier alpha value is -3.13. The van der Waals surface area contributed by atoms with Crippen LogP contribution in [0.15, 0.2) is 42.5 Å². The molecule has 2 aromatic rings. The maximum absolute atomic E-state index is 11.8. The summed E-state index contributed by atoms with van der Waals surface area (Å²) < 4.78 is 43.4. The largest absolute Gasteiger partial charge is 0.463 e. The quantitative estimate of drug-likeness (QED) is 0.176. The van der Waals surface area contributed by atoms with Crippen LogP contribution < -0.4 is 0 Å². The van der Waals surface area contributed by atoms with Crippen molar-refractivity contribution in [2.45, 2.75) is 58.1 Å². The predicted octanol–water partition coefficient (Wildman–Crippen LogP) is 1.92. The summed E-state index contributed by atoms with van der Waals surface area (Å²) in [6.45, 7) is 5.35. The number of hydrogen-bond donors (Lipinski definition) is 1. The van der Waals surface area contributed by atoms with E-state index in [1.807, 2.05) is 18.2 Å². The van der Waals surface area contributed by atoms with Gasteiger partial charge in [-0.1, -0.05) is 36.4 Å². The summed E-state index contributed by atoms with van der Waals surface area (Å²) in [4.78, 5) is 34.7. The highest BCUT2D eigenvalue weighted by Crippen LogP contribution is 2.28. The van der Waals surface area contributed by atoms with Crippen molar-refractivity contribution in [3.63, 3.8) is 0 Å². The van der Waals surface area contributed by atoms with Crippen molar-refractivity contribution in [2.75, 3.05) is 46.2 Å². The fourth-order valence-electron chi connectivity index (χ4n) is 4.27. The SMILES string of the molecule is CC(=O)OC[C@H]1OC(O)[C@H](OCCOCCOCCOCc2ccc3ccccc3c2)[C@@H](OC(C)=O)[C@H]1OC(C)=O. The van der Waals surface area contributed by atoms with Crippen molar-refractivity contribution < 1.29 is 57.4 Å². The molecule has 0 amide bonds. The Balaban J connectivity index is 1.34. The van der Waals surface area contributed by atoms with Crippen molar-refractivity contribution in [2.24, 2.45) is 0 Å². The van der Waals surface area contributed by atoms with E-state index in [0.29, 0.717) is 33.0 Å². The Kier molecular flexibility index (Phi) is 13.4. The molecule has 5 atom stereocenters. The Bertz CT molecular complexity index is 1120. The van der Waals surface area contributed by atoms with Gasteiger partial charge in [-0.15, -0.1) is 0 Å². The van der Waals surface area contributed by atoms with E-state index in [-0.39, 0.29) is 19.8 Å². The van der Waals surface area contributed by atoms with Crippen LogP contribution in [0.2, 0.25) is 0 Å². The molecule has 2 aromatic carbocycles. The van der Waals surface area contributed by atoms with Gasteiger partial charge in [-0.3, -0.25) is 14.4 Å². The molecule has 12 nitrogen and oxygen atoms in total. The number of benzene rings is 2. The second-order valence-corrected chi connectivity index (χ2v) is 9.31. The topological polar surface area (TPSA) is 145 Å². The summed E-state index contributed by atoms with van der Waals surface area (Å²) in [5, 5.41) is 12.9. The summed E-state index contributed by atoms with van der Waals surface area (Å²) in [5.74, 6) is -1.96. The maximum Gasteiger partial charge on any atom is 0.303 e. The van der Waals surface area contributed by atoms with Crippen LogP contribution in [0.5, 0.6) is 0 Å². The molecule has 1 saturated heterocycles. The van der Waals surface area contributed by atoms with Crippen molar-refractivity contribution in [1.29, 1.82) is 0 Å². The number of aliphatic hydroxyl groups is 1. The van der Waals surface area contributed by atoms with Gasteiger partial charge in [0.2, 0.25) is 0 Å². The third-order valence-corrected chi connectivity index (χ3v) is 6.03. The highest BCUT2D eigenvalue weighted by Gasteiger charge is 2.50. The molecule has 0 spiro atoms. The minimum Gasteiger partial charge on any atom is -0.463 e. The molecule has 1 unspecified atom stereocenters. The van der Waals surface area contributed by atoms with Crippen LogP contribution in [0.25, 0.3) is 10.8 Å². The van der Waals surface area contributed by atoms with E-state index in [2.05, 4.69) is 24.3 Å². The van der Waals surface area contributed by atoms with E-state index in [1.54, 1.807) is 0 Å². The lowest BCUT2D eigenvalue weighted by Gasteiger charge is -2.43. The molecule has 0 bridgehead atoms. The standard InChI is InChI=1S/C29H38O12/c1-19(30)38-18-25-26(39-20(2)31)27(40-21(3)32)28(29(33)41-25)37-15-14-35-11-10-34-12-13-36-17-22-8-9-23-6-4-5-7-24(23)16-22/h4-9,16,25-29,33H,10-15,17-18H2,1-3H3/t25-,26+,27+,28-,29?/m1/s1. The molecule has 1 heterocycles. The zero-order chi connectivity index (χ0) is 29.6. The van der Waals surface area contributed by atoms with Gasteiger partial charge >= 0.3 is 17.9 Å². The first-order valence-corrected chi connectivity index (χ1v) is 13.4. The fraction of sp³-hybridized carbons (Fsp3) is 0.552. The molecule has 1 aliphatic heterocycles. The van der Waals surface area contributed by atoms with Gasteiger partial charge in [0.1, 0.15) is 18.8 Å². The van der Waals surface area contributed by atoms with E-state index in [9.17, 15) is 19.5 Å². The minimum atomic E-state index is -1.55. The Morgan fingerprint density at radius 2 is 1.34 bits per heavy atom. The van der Waals surface area contributed by atoms with E-state index in [1.165, 1.54) is 31.5 Å². The minimum absolute atomic E-state index is 0.0130. The number of rotatable bonds is 16. The van der Waals surface area contributed by atoms with Gasteiger partial charge in [0.15, 0.2) is 18.5 Å². The number of aliphatic hydroxyl groups excluding tert-OH is 1. The average Bonchev–Trinajstić information content (AvgIpc) is 2.92. The van der Waals surface area contributed by atoms with Crippen LogP contribution in [-0.4, -0.2) is 100.0 Å². The molecular formula is C29H38O12. The normalized spacial score (nSPS) is 22.3. The first-order chi connectivity index (χ1) is 19.7. The first kappa shape index (κ1) is 32.4. The Morgan fingerprint density at radius 3 is 2.00 bits per heavy atom. The lowest BCUT2D eigenvalue weighted by atomic mass is 9.98. The molecule has 0 saturated carbocycles. The number of hydrogen-bond acceptors (Lipinski definition) is 12. The summed E-state index contributed by atoms with van der Waals surface area (Å²) in [7, 11) is 0. The molecule has 41 heavy (non-hydrogen) atoms. The van der Waals surface area contributed by atoms with Crippen LogP contribution in [0.1, 0.15) is 26.3 Å². The van der Waals surface area contributed by atoms with Crippen LogP contribution in [-0.2, 0) is 58.9 Å². The number of carbonyl (C=O) groups excluding carboxylic acids is 3. The van der Waals surface area contributed by atoms with Gasteiger partial charge < -0.3 is 43.0 Å². The molecule has 3 rings (SSSR count). The van der Waals surface area contributed by atoms with Crippen molar-refractivity contribution in [3.05, 3.63) is 48.0 Å². The van der Waals surface area contributed by atoms with E-state index >= 15 is 0 Å². The van der Waals surface area contributed by atoms with Crippen molar-refractivity contribution >= 4 is 28.7 Å². The molecule has 0 aliphatic carbocycles. The van der Waals surface area contributed by atoms with Gasteiger partial charge in [0.05, 0.1) is 46.2 Å². The summed E-state index contributed by atoms with van der Waals surface area (Å²) in [6.07, 6.45) is -6.20. The van der Waals surface area contributed by atoms with Gasteiger partial charge in [-0.25, -0.2) is 0 Å². The predicted molar refractivity (Wildman–Crippen MR) is 144 cm³/mol. The highest BCUT2D eigenvalue weighted by atomic mass is 16.7. The molecule has 12 heteroatoms. The van der Waals surface area contributed by atoms with Crippen LogP contribution in [0.3, 0.4) is 0 Å². The lowest BCUT2D eigenvalue weighted by Crippen LogP contribution is -2.62. The van der Waals surface area contributed by atoms with Gasteiger partial charge in [-0.2, -0.15) is 0 Å². The smallest absolute Gasteiger partial charge is 0.303 e. The van der Waals surface area contributed by atoms with Gasteiger partial charge in [-0.05, 0) is 22.4 Å². The summed E-state index contributed by atoms with van der Waals surface area (Å²) >= 11 is 0. The zero-order valence-electron chi connectivity index (χ0n) is 23.5. The molecule has 1 aliphatic rings. The van der Waals surface area contributed by atoms with E-state index in [4.69, 9.17) is 37.9 Å². The lowest BCUT2D eigenvalue weighted by molar-refractivity contribution is -0.302. The zero-order valence-corrected chi connectivity index (χ0v) is 23.5. The van der Waals surface area contributed by atoms with E-state index < -0.39 is 48.6 Å². The Morgan fingerprint density at radius 1 is 0.732 bits per heavy atom. The van der Waals surface area contributed by atoms with Crippen molar-refractivity contribution in [1.82, 2.24) is 0 Å². The van der Waals surface area contributed by atoms with Crippen molar-refractivity contribution in [3.8, 4) is 0 Å². The third kappa shape index (κ3) is 11.0. The molecular weight excluding hydrogens is 540 g/mol.